The monoisotopic (exact) mass is 427 g/mol. The Labute approximate surface area is 171 Å². The lowest BCUT2D eigenvalue weighted by atomic mass is 9.97. The molecular weight excluding hydrogens is 402 g/mol. The predicted molar refractivity (Wildman–Crippen MR) is 107 cm³/mol. The van der Waals surface area contributed by atoms with Crippen molar-refractivity contribution in [3.63, 3.8) is 0 Å². The highest BCUT2D eigenvalue weighted by atomic mass is 35.5. The Morgan fingerprint density at radius 3 is 2.61 bits per heavy atom. The van der Waals surface area contributed by atoms with Gasteiger partial charge in [0.25, 0.3) is 0 Å². The normalized spacial score (nSPS) is 18.4. The van der Waals surface area contributed by atoms with Gasteiger partial charge in [0.15, 0.2) is 0 Å². The summed E-state index contributed by atoms with van der Waals surface area (Å²) in [4.78, 5) is 0.324. The van der Waals surface area contributed by atoms with Crippen LogP contribution in [0.2, 0.25) is 0 Å². The number of ether oxygens (including phenoxy) is 1. The number of rotatable bonds is 4. The summed E-state index contributed by atoms with van der Waals surface area (Å²) in [7, 11) is -1.91. The Kier molecular flexibility index (Phi) is 6.28. The lowest BCUT2D eigenvalue weighted by molar-refractivity contribution is 0.307. The van der Waals surface area contributed by atoms with Gasteiger partial charge in [-0.3, -0.25) is 0 Å². The molecule has 3 heterocycles. The predicted octanol–water partition coefficient (Wildman–Crippen LogP) is 1.69. The van der Waals surface area contributed by atoms with E-state index in [1.165, 1.54) is 0 Å². The van der Waals surface area contributed by atoms with Gasteiger partial charge in [-0.25, -0.2) is 8.42 Å². The molecule has 0 amide bonds. The largest absolute Gasteiger partial charge is 0.496 e. The van der Waals surface area contributed by atoms with E-state index in [1.807, 2.05) is 6.92 Å². The number of aryl methyl sites for hydroxylation is 1. The van der Waals surface area contributed by atoms with Gasteiger partial charge >= 0.3 is 0 Å². The van der Waals surface area contributed by atoms with Gasteiger partial charge in [0.1, 0.15) is 17.4 Å². The van der Waals surface area contributed by atoms with Gasteiger partial charge in [0.05, 0.1) is 18.6 Å². The number of nitrogens with one attached hydrogen (secondary N) is 1. The zero-order chi connectivity index (χ0) is 19.0. The molecule has 0 bridgehead atoms. The molecule has 0 saturated carbocycles. The van der Waals surface area contributed by atoms with E-state index in [9.17, 15) is 8.42 Å². The van der Waals surface area contributed by atoms with E-state index in [0.29, 0.717) is 23.7 Å². The number of benzene rings is 1. The van der Waals surface area contributed by atoms with Gasteiger partial charge < -0.3 is 14.6 Å². The van der Waals surface area contributed by atoms with Crippen molar-refractivity contribution in [1.82, 2.24) is 24.4 Å². The van der Waals surface area contributed by atoms with E-state index in [4.69, 9.17) is 4.74 Å². The fourth-order valence-corrected chi connectivity index (χ4v) is 5.49. The van der Waals surface area contributed by atoms with E-state index >= 15 is 0 Å². The summed E-state index contributed by atoms with van der Waals surface area (Å²) in [5.74, 6) is 2.93. The minimum atomic E-state index is -3.49. The molecule has 2 aromatic rings. The van der Waals surface area contributed by atoms with Crippen LogP contribution in [0.4, 0.5) is 0 Å². The number of fused-ring (bicyclic) bond motifs is 1. The fraction of sp³-hybridized carbons (Fsp3) is 0.556. The van der Waals surface area contributed by atoms with Crippen LogP contribution in [0.5, 0.6) is 5.75 Å². The lowest BCUT2D eigenvalue weighted by Crippen LogP contribution is -2.38. The number of nitrogens with zero attached hydrogens (tertiary/aromatic N) is 4. The van der Waals surface area contributed by atoms with Crippen molar-refractivity contribution in [3.8, 4) is 5.75 Å². The summed E-state index contributed by atoms with van der Waals surface area (Å²) in [6.45, 7) is 5.39. The van der Waals surface area contributed by atoms with E-state index in [0.717, 1.165) is 49.7 Å². The van der Waals surface area contributed by atoms with Crippen LogP contribution < -0.4 is 10.1 Å². The average molecular weight is 428 g/mol. The maximum Gasteiger partial charge on any atom is 0.243 e. The summed E-state index contributed by atoms with van der Waals surface area (Å²) in [5, 5.41) is 12.0. The molecule has 0 spiro atoms. The highest BCUT2D eigenvalue weighted by molar-refractivity contribution is 7.89. The van der Waals surface area contributed by atoms with Gasteiger partial charge in [0.2, 0.25) is 10.0 Å². The van der Waals surface area contributed by atoms with Crippen molar-refractivity contribution in [2.24, 2.45) is 0 Å². The Hall–Kier alpha value is -1.68. The summed E-state index contributed by atoms with van der Waals surface area (Å²) in [6.07, 6.45) is 1.53. The van der Waals surface area contributed by atoms with E-state index in [2.05, 4.69) is 20.1 Å². The molecule has 1 aromatic heterocycles. The van der Waals surface area contributed by atoms with Crippen molar-refractivity contribution in [3.05, 3.63) is 35.4 Å². The lowest BCUT2D eigenvalue weighted by Gasteiger charge is -2.31. The highest BCUT2D eigenvalue weighted by Crippen LogP contribution is 2.31. The Morgan fingerprint density at radius 1 is 1.18 bits per heavy atom. The molecule has 10 heteroatoms. The number of aromatic nitrogens is 3. The summed E-state index contributed by atoms with van der Waals surface area (Å²) < 4.78 is 35.0. The zero-order valence-corrected chi connectivity index (χ0v) is 17.7. The van der Waals surface area contributed by atoms with E-state index in [1.54, 1.807) is 29.6 Å². The molecule has 1 fully saturated rings. The Morgan fingerprint density at radius 2 is 1.93 bits per heavy atom. The first-order chi connectivity index (χ1) is 13.0. The number of hydrogen-bond donors (Lipinski definition) is 1. The van der Waals surface area contributed by atoms with Gasteiger partial charge in [-0.05, 0) is 43.5 Å². The van der Waals surface area contributed by atoms with E-state index < -0.39 is 10.0 Å². The smallest absolute Gasteiger partial charge is 0.243 e. The van der Waals surface area contributed by atoms with Crippen LogP contribution in [0.15, 0.2) is 23.1 Å². The summed E-state index contributed by atoms with van der Waals surface area (Å²) in [6, 6.07) is 5.02. The van der Waals surface area contributed by atoms with Crippen LogP contribution in [0.1, 0.15) is 36.0 Å². The second-order valence-corrected chi connectivity index (χ2v) is 9.05. The molecule has 0 atom stereocenters. The zero-order valence-electron chi connectivity index (χ0n) is 16.1. The molecule has 0 radical (unpaired) electrons. The molecule has 1 saturated heterocycles. The molecule has 28 heavy (non-hydrogen) atoms. The fourth-order valence-electron chi connectivity index (χ4n) is 3.93. The standard InChI is InChI=1S/C18H25N5O3S.ClH/c1-13-11-15(3-4-16(13)26-2)27(24,25)22-8-5-14(6-9-22)18-21-20-17-12-19-7-10-23(17)18;/h3-4,11,14,19H,5-10,12H2,1-2H3;1H. The van der Waals surface area contributed by atoms with Crippen molar-refractivity contribution < 1.29 is 13.2 Å². The number of methoxy groups -OCH3 is 1. The quantitative estimate of drug-likeness (QED) is 0.798. The number of sulfonamides is 1. The maximum atomic E-state index is 13.0. The molecule has 2 aliphatic heterocycles. The molecule has 2 aliphatic rings. The first-order valence-corrected chi connectivity index (χ1v) is 10.7. The van der Waals surface area contributed by atoms with Crippen molar-refractivity contribution in [1.29, 1.82) is 0 Å². The van der Waals surface area contributed by atoms with Crippen LogP contribution in [-0.2, 0) is 23.1 Å². The molecule has 8 nitrogen and oxygen atoms in total. The summed E-state index contributed by atoms with van der Waals surface area (Å²) >= 11 is 0. The average Bonchev–Trinajstić information content (AvgIpc) is 3.12. The number of piperidine rings is 1. The number of hydrogen-bond acceptors (Lipinski definition) is 6. The third kappa shape index (κ3) is 3.76. The van der Waals surface area contributed by atoms with Gasteiger partial charge in [-0.1, -0.05) is 0 Å². The molecule has 154 valence electrons. The Balaban J connectivity index is 0.00000225. The molecule has 1 aromatic carbocycles. The third-order valence-electron chi connectivity index (χ3n) is 5.47. The molecule has 4 rings (SSSR count). The molecule has 1 N–H and O–H groups in total. The minimum absolute atomic E-state index is 0. The number of halogens is 1. The summed E-state index contributed by atoms with van der Waals surface area (Å²) in [5.41, 5.74) is 0.817. The van der Waals surface area contributed by atoms with Gasteiger partial charge in [-0.2, -0.15) is 4.31 Å². The topological polar surface area (TPSA) is 89.4 Å². The van der Waals surface area contributed by atoms with Crippen molar-refractivity contribution in [2.45, 2.75) is 43.7 Å². The molecule has 0 unspecified atom stereocenters. The molecular formula is C18H26ClN5O3S. The minimum Gasteiger partial charge on any atom is -0.496 e. The van der Waals surface area contributed by atoms with Crippen LogP contribution in [0, 0.1) is 6.92 Å². The van der Waals surface area contributed by atoms with Gasteiger partial charge in [-0.15, -0.1) is 22.6 Å². The van der Waals surface area contributed by atoms with Crippen molar-refractivity contribution in [2.75, 3.05) is 26.7 Å². The Bertz CT molecular complexity index is 939. The van der Waals surface area contributed by atoms with E-state index in [-0.39, 0.29) is 18.3 Å². The third-order valence-corrected chi connectivity index (χ3v) is 7.37. The highest BCUT2D eigenvalue weighted by Gasteiger charge is 2.32. The van der Waals surface area contributed by atoms with Crippen LogP contribution in [0.25, 0.3) is 0 Å². The second kappa shape index (κ2) is 8.36. The van der Waals surface area contributed by atoms with Gasteiger partial charge in [0, 0.05) is 32.1 Å². The van der Waals surface area contributed by atoms with Crippen LogP contribution >= 0.6 is 12.4 Å². The second-order valence-electron chi connectivity index (χ2n) is 7.11. The van der Waals surface area contributed by atoms with Crippen LogP contribution in [-0.4, -0.2) is 54.2 Å². The van der Waals surface area contributed by atoms with Crippen molar-refractivity contribution >= 4 is 22.4 Å². The molecule has 0 aliphatic carbocycles. The van der Waals surface area contributed by atoms with Crippen LogP contribution in [0.3, 0.4) is 0 Å². The SMILES string of the molecule is COc1ccc(S(=O)(=O)N2CCC(c3nnc4n3CCNC4)CC2)cc1C.Cl. The first-order valence-electron chi connectivity index (χ1n) is 9.28. The maximum absolute atomic E-state index is 13.0. The first kappa shape index (κ1) is 21.0.